The van der Waals surface area contributed by atoms with Gasteiger partial charge in [-0.3, -0.25) is 13.9 Å². The molecule has 0 heterocycles. The fraction of sp³-hybridized carbons (Fsp3) is 0.333. The molecular weight excluding hydrogens is 591 g/mol. The van der Waals surface area contributed by atoms with E-state index in [1.165, 1.54) is 35.2 Å². The highest BCUT2D eigenvalue weighted by atomic mass is 35.5. The molecule has 2 amide bonds. The average molecular weight is 624 g/mol. The van der Waals surface area contributed by atoms with Crippen LogP contribution >= 0.6 is 11.6 Å². The van der Waals surface area contributed by atoms with Crippen LogP contribution in [-0.2, 0) is 32.3 Å². The number of sulfonamides is 1. The highest BCUT2D eigenvalue weighted by Crippen LogP contribution is 2.33. The van der Waals surface area contributed by atoms with Crippen molar-refractivity contribution in [2.45, 2.75) is 56.8 Å². The molecule has 0 aliphatic rings. The maximum atomic E-state index is 14.0. The fourth-order valence-corrected chi connectivity index (χ4v) is 5.94. The number of anilines is 1. The smallest absolute Gasteiger partial charge is 0.354 e. The molecule has 0 saturated carbocycles. The van der Waals surface area contributed by atoms with Crippen LogP contribution in [0.4, 0.5) is 18.9 Å². The molecule has 0 aliphatic carbocycles. The van der Waals surface area contributed by atoms with Crippen molar-refractivity contribution in [1.82, 2.24) is 10.2 Å². The SMILES string of the molecule is CCCCNC(=O)[C@@H](CC)N(Cc1ccccc1Cl)C(=O)CN(c1cccc(C(F)(F)F)c1)S(=O)(=O)c1ccccc1. The molecule has 0 fully saturated rings. The third-order valence-corrected chi connectivity index (χ3v) is 8.74. The normalized spacial score (nSPS) is 12.4. The number of hydrogen-bond donors (Lipinski definition) is 1. The van der Waals surface area contributed by atoms with Gasteiger partial charge in [0.05, 0.1) is 16.1 Å². The number of nitrogens with one attached hydrogen (secondary N) is 1. The number of halogens is 4. The zero-order valence-corrected chi connectivity index (χ0v) is 24.8. The van der Waals surface area contributed by atoms with Crippen molar-refractivity contribution < 1.29 is 31.2 Å². The van der Waals surface area contributed by atoms with Crippen molar-refractivity contribution >= 4 is 39.1 Å². The minimum Gasteiger partial charge on any atom is -0.354 e. The van der Waals surface area contributed by atoms with Crippen LogP contribution in [0.5, 0.6) is 0 Å². The van der Waals surface area contributed by atoms with E-state index in [1.807, 2.05) is 6.92 Å². The summed E-state index contributed by atoms with van der Waals surface area (Å²) >= 11 is 6.37. The van der Waals surface area contributed by atoms with Gasteiger partial charge >= 0.3 is 6.18 Å². The molecule has 0 saturated heterocycles. The van der Waals surface area contributed by atoms with Crippen molar-refractivity contribution in [2.75, 3.05) is 17.4 Å². The summed E-state index contributed by atoms with van der Waals surface area (Å²) < 4.78 is 69.0. The van der Waals surface area contributed by atoms with Crippen molar-refractivity contribution in [3.8, 4) is 0 Å². The first-order chi connectivity index (χ1) is 19.9. The van der Waals surface area contributed by atoms with Gasteiger partial charge in [-0.2, -0.15) is 13.2 Å². The van der Waals surface area contributed by atoms with Crippen LogP contribution in [0.15, 0.2) is 83.8 Å². The van der Waals surface area contributed by atoms with Crippen LogP contribution in [0.3, 0.4) is 0 Å². The molecule has 3 aromatic rings. The van der Waals surface area contributed by atoms with E-state index in [4.69, 9.17) is 11.6 Å². The first-order valence-electron chi connectivity index (χ1n) is 13.5. The van der Waals surface area contributed by atoms with Gasteiger partial charge in [-0.05, 0) is 54.8 Å². The molecule has 0 aliphatic heterocycles. The Morgan fingerprint density at radius 1 is 0.952 bits per heavy atom. The number of benzene rings is 3. The van der Waals surface area contributed by atoms with Crippen LogP contribution in [-0.4, -0.2) is 44.3 Å². The third kappa shape index (κ3) is 8.25. The van der Waals surface area contributed by atoms with E-state index in [0.29, 0.717) is 27.5 Å². The summed E-state index contributed by atoms with van der Waals surface area (Å²) in [6.45, 7) is 3.08. The number of carbonyl (C=O) groups excluding carboxylic acids is 2. The molecule has 0 bridgehead atoms. The van der Waals surface area contributed by atoms with Gasteiger partial charge in [-0.15, -0.1) is 0 Å². The van der Waals surface area contributed by atoms with Crippen LogP contribution in [0, 0.1) is 0 Å². The van der Waals surface area contributed by atoms with Gasteiger partial charge in [0.25, 0.3) is 10.0 Å². The summed E-state index contributed by atoms with van der Waals surface area (Å²) in [6.07, 6.45) is -2.99. The Balaban J connectivity index is 2.09. The van der Waals surface area contributed by atoms with Crippen LogP contribution in [0.2, 0.25) is 5.02 Å². The van der Waals surface area contributed by atoms with Crippen molar-refractivity contribution in [1.29, 1.82) is 0 Å². The molecule has 12 heteroatoms. The van der Waals surface area contributed by atoms with Gasteiger partial charge in [0.15, 0.2) is 0 Å². The Labute approximate surface area is 249 Å². The summed E-state index contributed by atoms with van der Waals surface area (Å²) in [7, 11) is -4.50. The van der Waals surface area contributed by atoms with Gasteiger partial charge in [-0.25, -0.2) is 8.42 Å². The summed E-state index contributed by atoms with van der Waals surface area (Å²) in [6, 6.07) is 16.6. The molecule has 42 heavy (non-hydrogen) atoms. The second kappa shape index (κ2) is 14.6. The summed E-state index contributed by atoms with van der Waals surface area (Å²) in [4.78, 5) is 28.2. The molecule has 7 nitrogen and oxygen atoms in total. The maximum absolute atomic E-state index is 14.0. The van der Waals surface area contributed by atoms with Crippen LogP contribution in [0.1, 0.15) is 44.2 Å². The number of amides is 2. The molecule has 0 unspecified atom stereocenters. The molecule has 1 atom stereocenters. The Morgan fingerprint density at radius 3 is 2.24 bits per heavy atom. The monoisotopic (exact) mass is 623 g/mol. The summed E-state index contributed by atoms with van der Waals surface area (Å²) in [5.74, 6) is -1.22. The van der Waals surface area contributed by atoms with E-state index in [9.17, 15) is 31.2 Å². The lowest BCUT2D eigenvalue weighted by Gasteiger charge is -2.33. The Kier molecular flexibility index (Phi) is 11.4. The van der Waals surface area contributed by atoms with Gasteiger partial charge in [-0.1, -0.05) is 74.3 Å². The second-order valence-electron chi connectivity index (χ2n) is 9.55. The standard InChI is InChI=1S/C30H33ClF3N3O4S/c1-3-5-18-35-29(39)27(4-2)36(20-22-12-9-10-17-26(22)31)28(38)21-37(42(40,41)25-15-7-6-8-16-25)24-14-11-13-23(19-24)30(32,33)34/h6-17,19,27H,3-5,18,20-21H2,1-2H3,(H,35,39)/t27-/m1/s1. The van der Waals surface area contributed by atoms with Gasteiger partial charge in [0.2, 0.25) is 11.8 Å². The molecule has 0 spiro atoms. The number of carbonyl (C=O) groups is 2. The maximum Gasteiger partial charge on any atom is 0.416 e. The van der Waals surface area contributed by atoms with Gasteiger partial charge < -0.3 is 10.2 Å². The molecule has 0 aromatic heterocycles. The number of alkyl halides is 3. The van der Waals surface area contributed by atoms with E-state index >= 15 is 0 Å². The molecule has 0 radical (unpaired) electrons. The van der Waals surface area contributed by atoms with E-state index in [0.717, 1.165) is 25.0 Å². The molecule has 1 N–H and O–H groups in total. The third-order valence-electron chi connectivity index (χ3n) is 6.59. The van der Waals surface area contributed by atoms with Crippen molar-refractivity contribution in [3.63, 3.8) is 0 Å². The zero-order chi connectivity index (χ0) is 30.9. The largest absolute Gasteiger partial charge is 0.416 e. The van der Waals surface area contributed by atoms with Gasteiger partial charge in [0.1, 0.15) is 12.6 Å². The molecular formula is C30H33ClF3N3O4S. The Bertz CT molecular complexity index is 1470. The predicted molar refractivity (Wildman–Crippen MR) is 156 cm³/mol. The average Bonchev–Trinajstić information content (AvgIpc) is 2.96. The van der Waals surface area contributed by atoms with Crippen LogP contribution < -0.4 is 9.62 Å². The highest BCUT2D eigenvalue weighted by molar-refractivity contribution is 7.92. The quantitative estimate of drug-likeness (QED) is 0.227. The molecule has 3 rings (SSSR count). The lowest BCUT2D eigenvalue weighted by molar-refractivity contribution is -0.140. The highest BCUT2D eigenvalue weighted by Gasteiger charge is 2.36. The van der Waals surface area contributed by atoms with Crippen LogP contribution in [0.25, 0.3) is 0 Å². The zero-order valence-electron chi connectivity index (χ0n) is 23.3. The first kappa shape index (κ1) is 32.9. The molecule has 3 aromatic carbocycles. The number of hydrogen-bond acceptors (Lipinski definition) is 4. The minimum absolute atomic E-state index is 0.125. The molecule has 226 valence electrons. The first-order valence-corrected chi connectivity index (χ1v) is 15.3. The number of nitrogens with zero attached hydrogens (tertiary/aromatic N) is 2. The predicted octanol–water partition coefficient (Wildman–Crippen LogP) is 6.28. The second-order valence-corrected chi connectivity index (χ2v) is 11.8. The van der Waals surface area contributed by atoms with E-state index in [1.54, 1.807) is 37.3 Å². The number of unbranched alkanes of at least 4 members (excludes halogenated alkanes) is 1. The number of rotatable bonds is 13. The Hall–Kier alpha value is -3.57. The fourth-order valence-electron chi connectivity index (χ4n) is 4.32. The summed E-state index contributed by atoms with van der Waals surface area (Å²) in [5.41, 5.74) is -0.903. The van der Waals surface area contributed by atoms with E-state index < -0.39 is 46.2 Å². The van der Waals surface area contributed by atoms with Crippen molar-refractivity contribution in [2.24, 2.45) is 0 Å². The Morgan fingerprint density at radius 2 is 1.62 bits per heavy atom. The van der Waals surface area contributed by atoms with E-state index in [-0.39, 0.29) is 23.5 Å². The summed E-state index contributed by atoms with van der Waals surface area (Å²) in [5, 5.41) is 3.15. The lowest BCUT2D eigenvalue weighted by atomic mass is 10.1. The van der Waals surface area contributed by atoms with E-state index in [2.05, 4.69) is 5.32 Å². The minimum atomic E-state index is -4.75. The van der Waals surface area contributed by atoms with Crippen molar-refractivity contribution in [3.05, 3.63) is 95.0 Å². The topological polar surface area (TPSA) is 86.8 Å². The van der Waals surface area contributed by atoms with Gasteiger partial charge in [0, 0.05) is 18.1 Å². The lowest BCUT2D eigenvalue weighted by Crippen LogP contribution is -2.52.